The van der Waals surface area contributed by atoms with E-state index in [4.69, 9.17) is 4.74 Å². The molecule has 0 spiro atoms. The number of sulfonamides is 1. The van der Waals surface area contributed by atoms with Crippen molar-refractivity contribution in [3.63, 3.8) is 0 Å². The quantitative estimate of drug-likeness (QED) is 0.746. The fourth-order valence-corrected chi connectivity index (χ4v) is 5.03. The number of halogens is 1. The number of carbonyl (C=O) groups is 1. The number of nitrogens with zero attached hydrogens (tertiary/aromatic N) is 2. The SMILES string of the molecule is Cc1cc(C)c(OCC(=O)N2CCN(S(=O)(=O)c3cccc(F)c3)CC2)c(C)c1. The van der Waals surface area contributed by atoms with Crippen molar-refractivity contribution < 1.29 is 22.3 Å². The number of benzene rings is 2. The van der Waals surface area contributed by atoms with Crippen LogP contribution < -0.4 is 4.74 Å². The summed E-state index contributed by atoms with van der Waals surface area (Å²) in [4.78, 5) is 14.0. The highest BCUT2D eigenvalue weighted by molar-refractivity contribution is 7.89. The Labute approximate surface area is 170 Å². The zero-order valence-electron chi connectivity index (χ0n) is 16.8. The van der Waals surface area contributed by atoms with Crippen LogP contribution in [0.3, 0.4) is 0 Å². The smallest absolute Gasteiger partial charge is 0.260 e. The van der Waals surface area contributed by atoms with Gasteiger partial charge in [-0.15, -0.1) is 0 Å². The normalized spacial score (nSPS) is 15.4. The predicted molar refractivity (Wildman–Crippen MR) is 108 cm³/mol. The maximum absolute atomic E-state index is 13.4. The van der Waals surface area contributed by atoms with Crippen molar-refractivity contribution in [2.24, 2.45) is 0 Å². The third kappa shape index (κ3) is 4.76. The van der Waals surface area contributed by atoms with Gasteiger partial charge in [-0.1, -0.05) is 23.8 Å². The summed E-state index contributed by atoms with van der Waals surface area (Å²) in [7, 11) is -3.78. The van der Waals surface area contributed by atoms with Crippen LogP contribution in [0.15, 0.2) is 41.3 Å². The van der Waals surface area contributed by atoms with Crippen LogP contribution in [0.2, 0.25) is 0 Å². The Hall–Kier alpha value is -2.45. The largest absolute Gasteiger partial charge is 0.483 e. The third-order valence-electron chi connectivity index (χ3n) is 4.97. The number of hydrogen-bond acceptors (Lipinski definition) is 4. The lowest BCUT2D eigenvalue weighted by Crippen LogP contribution is -2.51. The Morgan fingerprint density at radius 1 is 1.03 bits per heavy atom. The Morgan fingerprint density at radius 3 is 2.24 bits per heavy atom. The van der Waals surface area contributed by atoms with E-state index in [1.54, 1.807) is 4.90 Å². The number of carbonyl (C=O) groups excluding carboxylic acids is 1. The molecule has 0 radical (unpaired) electrons. The second-order valence-corrected chi connectivity index (χ2v) is 9.20. The maximum atomic E-state index is 13.4. The van der Waals surface area contributed by atoms with Crippen molar-refractivity contribution in [1.29, 1.82) is 0 Å². The summed E-state index contributed by atoms with van der Waals surface area (Å²) in [6, 6.07) is 8.95. The topological polar surface area (TPSA) is 66.9 Å². The van der Waals surface area contributed by atoms with E-state index < -0.39 is 15.8 Å². The van der Waals surface area contributed by atoms with Gasteiger partial charge >= 0.3 is 0 Å². The number of piperazine rings is 1. The van der Waals surface area contributed by atoms with E-state index in [0.29, 0.717) is 5.75 Å². The summed E-state index contributed by atoms with van der Waals surface area (Å²) in [6.07, 6.45) is 0. The molecular formula is C21H25FN2O4S. The molecule has 1 amide bonds. The molecule has 1 aliphatic rings. The van der Waals surface area contributed by atoms with Gasteiger partial charge in [0.05, 0.1) is 4.90 Å². The first-order valence-electron chi connectivity index (χ1n) is 9.42. The Kier molecular flexibility index (Phi) is 6.24. The average molecular weight is 421 g/mol. The van der Waals surface area contributed by atoms with Gasteiger partial charge in [0.1, 0.15) is 11.6 Å². The highest BCUT2D eigenvalue weighted by Crippen LogP contribution is 2.25. The second-order valence-electron chi connectivity index (χ2n) is 7.26. The van der Waals surface area contributed by atoms with E-state index in [-0.39, 0.29) is 43.6 Å². The molecule has 29 heavy (non-hydrogen) atoms. The van der Waals surface area contributed by atoms with Crippen molar-refractivity contribution >= 4 is 15.9 Å². The molecule has 2 aromatic rings. The molecule has 156 valence electrons. The first-order chi connectivity index (χ1) is 13.7. The van der Waals surface area contributed by atoms with E-state index in [0.717, 1.165) is 22.8 Å². The Bertz CT molecular complexity index is 992. The van der Waals surface area contributed by atoms with E-state index in [1.165, 1.54) is 22.5 Å². The lowest BCUT2D eigenvalue weighted by atomic mass is 10.1. The van der Waals surface area contributed by atoms with Gasteiger partial charge in [0.25, 0.3) is 5.91 Å². The van der Waals surface area contributed by atoms with E-state index in [1.807, 2.05) is 32.9 Å². The Balaban J connectivity index is 1.59. The van der Waals surface area contributed by atoms with Gasteiger partial charge < -0.3 is 9.64 Å². The molecule has 2 aromatic carbocycles. The van der Waals surface area contributed by atoms with Crippen molar-refractivity contribution in [2.75, 3.05) is 32.8 Å². The first kappa shape index (κ1) is 21.3. The van der Waals surface area contributed by atoms with Crippen molar-refractivity contribution in [1.82, 2.24) is 9.21 Å². The summed E-state index contributed by atoms with van der Waals surface area (Å²) < 4.78 is 45.7. The van der Waals surface area contributed by atoms with Gasteiger partial charge in [-0.05, 0) is 50.1 Å². The molecule has 0 bridgehead atoms. The first-order valence-corrected chi connectivity index (χ1v) is 10.9. The minimum absolute atomic E-state index is 0.0778. The zero-order valence-corrected chi connectivity index (χ0v) is 17.6. The lowest BCUT2D eigenvalue weighted by Gasteiger charge is -2.34. The zero-order chi connectivity index (χ0) is 21.2. The highest BCUT2D eigenvalue weighted by Gasteiger charge is 2.30. The number of amides is 1. The fourth-order valence-electron chi connectivity index (χ4n) is 3.57. The summed E-state index contributed by atoms with van der Waals surface area (Å²) in [5, 5.41) is 0. The number of hydrogen-bond donors (Lipinski definition) is 0. The molecule has 1 saturated heterocycles. The molecule has 0 atom stereocenters. The average Bonchev–Trinajstić information content (AvgIpc) is 2.67. The molecule has 6 nitrogen and oxygen atoms in total. The van der Waals surface area contributed by atoms with Gasteiger partial charge in [-0.25, -0.2) is 12.8 Å². The number of ether oxygens (including phenoxy) is 1. The summed E-state index contributed by atoms with van der Waals surface area (Å²) in [5.41, 5.74) is 3.08. The molecule has 8 heteroatoms. The molecule has 1 aliphatic heterocycles. The van der Waals surface area contributed by atoms with Crippen LogP contribution in [0.5, 0.6) is 5.75 Å². The minimum Gasteiger partial charge on any atom is -0.483 e. The van der Waals surface area contributed by atoms with Gasteiger partial charge in [-0.3, -0.25) is 4.79 Å². The molecule has 0 aromatic heterocycles. The monoisotopic (exact) mass is 420 g/mol. The van der Waals surface area contributed by atoms with Crippen molar-refractivity contribution in [3.8, 4) is 5.75 Å². The molecule has 1 fully saturated rings. The summed E-state index contributed by atoms with van der Waals surface area (Å²) in [5.74, 6) is -0.0813. The molecule has 0 aliphatic carbocycles. The van der Waals surface area contributed by atoms with Crippen LogP contribution in [0.4, 0.5) is 4.39 Å². The van der Waals surface area contributed by atoms with Crippen molar-refractivity contribution in [2.45, 2.75) is 25.7 Å². The minimum atomic E-state index is -3.78. The van der Waals surface area contributed by atoms with Gasteiger partial charge in [0.15, 0.2) is 6.61 Å². The molecule has 1 heterocycles. The molecule has 0 unspecified atom stereocenters. The number of aryl methyl sites for hydroxylation is 3. The van der Waals surface area contributed by atoms with E-state index >= 15 is 0 Å². The number of rotatable bonds is 5. The second kappa shape index (κ2) is 8.51. The standard InChI is InChI=1S/C21H25FN2O4S/c1-15-11-16(2)21(17(3)12-15)28-14-20(25)23-7-9-24(10-8-23)29(26,27)19-6-4-5-18(22)13-19/h4-6,11-13H,7-10,14H2,1-3H3. The van der Waals surface area contributed by atoms with E-state index in [9.17, 15) is 17.6 Å². The van der Waals surface area contributed by atoms with Crippen molar-refractivity contribution in [3.05, 3.63) is 58.9 Å². The molecule has 3 rings (SSSR count). The van der Waals surface area contributed by atoms with Gasteiger partial charge in [0, 0.05) is 26.2 Å². The summed E-state index contributed by atoms with van der Waals surface area (Å²) >= 11 is 0. The molecular weight excluding hydrogens is 395 g/mol. The lowest BCUT2D eigenvalue weighted by molar-refractivity contribution is -0.134. The molecule has 0 saturated carbocycles. The third-order valence-corrected chi connectivity index (χ3v) is 6.86. The predicted octanol–water partition coefficient (Wildman–Crippen LogP) is 2.66. The highest BCUT2D eigenvalue weighted by atomic mass is 32.2. The van der Waals surface area contributed by atoms with Crippen LogP contribution >= 0.6 is 0 Å². The van der Waals surface area contributed by atoms with Crippen LogP contribution in [0.1, 0.15) is 16.7 Å². The van der Waals surface area contributed by atoms with Crippen LogP contribution in [-0.2, 0) is 14.8 Å². The maximum Gasteiger partial charge on any atom is 0.260 e. The van der Waals surface area contributed by atoms with Crippen LogP contribution in [-0.4, -0.2) is 56.3 Å². The van der Waals surface area contributed by atoms with Crippen LogP contribution in [0, 0.1) is 26.6 Å². The molecule has 0 N–H and O–H groups in total. The van der Waals surface area contributed by atoms with Gasteiger partial charge in [0.2, 0.25) is 10.0 Å². The Morgan fingerprint density at radius 2 is 1.66 bits per heavy atom. The van der Waals surface area contributed by atoms with E-state index in [2.05, 4.69) is 0 Å². The fraction of sp³-hybridized carbons (Fsp3) is 0.381. The van der Waals surface area contributed by atoms with Crippen LogP contribution in [0.25, 0.3) is 0 Å². The van der Waals surface area contributed by atoms with Gasteiger partial charge in [-0.2, -0.15) is 4.31 Å². The summed E-state index contributed by atoms with van der Waals surface area (Å²) in [6.45, 7) is 6.64.